The average Bonchev–Trinajstić information content (AvgIpc) is 3.20. The van der Waals surface area contributed by atoms with E-state index in [9.17, 15) is 4.79 Å². The summed E-state index contributed by atoms with van der Waals surface area (Å²) in [7, 11) is 1.65. The fraction of sp³-hybridized carbons (Fsp3) is 0.280. The molecule has 2 aromatic heterocycles. The lowest BCUT2D eigenvalue weighted by atomic mass is 10.1. The molecule has 0 bridgehead atoms. The lowest BCUT2D eigenvalue weighted by Gasteiger charge is -2.41. The standard InChI is InChI=1S/C25H25N3O2S/c1-16-4-7-20(8-5-16)28-11-10-27(15-17(28)2)25(29)23-13-19-12-18-6-9-21(30-3)14-22(18)26-24(19)31-23/h4-9,12-14,17H,10-11,15H2,1-3H3. The number of ether oxygens (including phenoxy) is 1. The fourth-order valence-electron chi connectivity index (χ4n) is 4.26. The third-order valence-electron chi connectivity index (χ3n) is 6.00. The Morgan fingerprint density at radius 1 is 1.06 bits per heavy atom. The Kier molecular flexibility index (Phi) is 5.02. The zero-order valence-corrected chi connectivity index (χ0v) is 18.8. The monoisotopic (exact) mass is 431 g/mol. The van der Waals surface area contributed by atoms with Crippen molar-refractivity contribution in [1.82, 2.24) is 9.88 Å². The van der Waals surface area contributed by atoms with Gasteiger partial charge in [0.25, 0.3) is 5.91 Å². The van der Waals surface area contributed by atoms with Gasteiger partial charge >= 0.3 is 0 Å². The molecule has 6 heteroatoms. The summed E-state index contributed by atoms with van der Waals surface area (Å²) < 4.78 is 5.31. The summed E-state index contributed by atoms with van der Waals surface area (Å²) in [5.41, 5.74) is 3.36. The van der Waals surface area contributed by atoms with E-state index in [4.69, 9.17) is 9.72 Å². The van der Waals surface area contributed by atoms with Crippen LogP contribution < -0.4 is 9.64 Å². The molecule has 1 fully saturated rings. The summed E-state index contributed by atoms with van der Waals surface area (Å²) in [6, 6.07) is 18.8. The number of thiophene rings is 1. The number of amides is 1. The molecular formula is C25H25N3O2S. The highest BCUT2D eigenvalue weighted by molar-refractivity contribution is 7.20. The number of aryl methyl sites for hydroxylation is 1. The van der Waals surface area contributed by atoms with E-state index in [1.54, 1.807) is 7.11 Å². The number of methoxy groups -OCH3 is 1. The third kappa shape index (κ3) is 3.72. The maximum absolute atomic E-state index is 13.3. The van der Waals surface area contributed by atoms with Crippen molar-refractivity contribution in [2.45, 2.75) is 19.9 Å². The number of benzene rings is 2. The van der Waals surface area contributed by atoms with E-state index in [1.807, 2.05) is 29.2 Å². The molecule has 1 aliphatic rings. The van der Waals surface area contributed by atoms with E-state index in [0.29, 0.717) is 6.54 Å². The first-order valence-corrected chi connectivity index (χ1v) is 11.3. The smallest absolute Gasteiger partial charge is 0.264 e. The highest BCUT2D eigenvalue weighted by Crippen LogP contribution is 2.30. The van der Waals surface area contributed by atoms with Gasteiger partial charge in [0.05, 0.1) is 17.5 Å². The number of pyridine rings is 1. The van der Waals surface area contributed by atoms with Gasteiger partial charge in [-0.05, 0) is 50.2 Å². The van der Waals surface area contributed by atoms with Crippen molar-refractivity contribution in [2.75, 3.05) is 31.6 Å². The van der Waals surface area contributed by atoms with E-state index < -0.39 is 0 Å². The quantitative estimate of drug-likeness (QED) is 0.452. The molecule has 2 aromatic carbocycles. The van der Waals surface area contributed by atoms with Crippen LogP contribution in [0.3, 0.4) is 0 Å². The molecular weight excluding hydrogens is 406 g/mol. The Morgan fingerprint density at radius 3 is 2.61 bits per heavy atom. The van der Waals surface area contributed by atoms with Crippen molar-refractivity contribution >= 4 is 44.1 Å². The van der Waals surface area contributed by atoms with E-state index in [1.165, 1.54) is 22.6 Å². The number of fused-ring (bicyclic) bond motifs is 2. The van der Waals surface area contributed by atoms with Gasteiger partial charge in [-0.1, -0.05) is 17.7 Å². The molecule has 4 aromatic rings. The summed E-state index contributed by atoms with van der Waals surface area (Å²) in [6.45, 7) is 6.56. The predicted molar refractivity (Wildman–Crippen MR) is 128 cm³/mol. The van der Waals surface area contributed by atoms with Crippen LogP contribution in [-0.2, 0) is 0 Å². The molecule has 158 valence electrons. The normalized spacial score (nSPS) is 16.8. The van der Waals surface area contributed by atoms with E-state index >= 15 is 0 Å². The van der Waals surface area contributed by atoms with E-state index in [2.05, 4.69) is 49.1 Å². The molecule has 0 aliphatic carbocycles. The van der Waals surface area contributed by atoms with Crippen LogP contribution in [0.15, 0.2) is 54.6 Å². The number of hydrogen-bond donors (Lipinski definition) is 0. The fourth-order valence-corrected chi connectivity index (χ4v) is 5.25. The minimum Gasteiger partial charge on any atom is -0.497 e. The van der Waals surface area contributed by atoms with E-state index in [-0.39, 0.29) is 11.9 Å². The Hall–Kier alpha value is -3.12. The van der Waals surface area contributed by atoms with Crippen LogP contribution in [0.1, 0.15) is 22.2 Å². The van der Waals surface area contributed by atoms with Gasteiger partial charge < -0.3 is 14.5 Å². The average molecular weight is 432 g/mol. The Labute approximate surface area is 185 Å². The number of hydrogen-bond acceptors (Lipinski definition) is 5. The number of carbonyl (C=O) groups excluding carboxylic acids is 1. The highest BCUT2D eigenvalue weighted by atomic mass is 32.1. The van der Waals surface area contributed by atoms with Crippen molar-refractivity contribution in [1.29, 1.82) is 0 Å². The number of aromatic nitrogens is 1. The molecule has 1 unspecified atom stereocenters. The number of nitrogens with zero attached hydrogens (tertiary/aromatic N) is 3. The number of carbonyl (C=O) groups is 1. The van der Waals surface area contributed by atoms with Crippen LogP contribution in [0.2, 0.25) is 0 Å². The lowest BCUT2D eigenvalue weighted by molar-refractivity contribution is 0.0731. The first kappa shape index (κ1) is 19.8. The topological polar surface area (TPSA) is 45.7 Å². The number of piperazine rings is 1. The van der Waals surface area contributed by atoms with Crippen molar-refractivity contribution in [3.8, 4) is 5.75 Å². The Balaban J connectivity index is 1.37. The van der Waals surface area contributed by atoms with Crippen molar-refractivity contribution in [3.05, 3.63) is 65.0 Å². The predicted octanol–water partition coefficient (Wildman–Crippen LogP) is 5.12. The highest BCUT2D eigenvalue weighted by Gasteiger charge is 2.28. The first-order valence-electron chi connectivity index (χ1n) is 10.5. The zero-order chi connectivity index (χ0) is 21.5. The van der Waals surface area contributed by atoms with Crippen LogP contribution in [0.25, 0.3) is 21.1 Å². The molecule has 0 spiro atoms. The van der Waals surface area contributed by atoms with Gasteiger partial charge in [-0.2, -0.15) is 0 Å². The van der Waals surface area contributed by atoms with Crippen LogP contribution in [0.4, 0.5) is 5.69 Å². The molecule has 0 radical (unpaired) electrons. The SMILES string of the molecule is COc1ccc2cc3cc(C(=O)N4CCN(c5ccc(C)cc5)C(C)C4)sc3nc2c1. The van der Waals surface area contributed by atoms with Gasteiger partial charge in [-0.3, -0.25) is 4.79 Å². The maximum atomic E-state index is 13.3. The molecule has 0 N–H and O–H groups in total. The first-order chi connectivity index (χ1) is 15.0. The largest absolute Gasteiger partial charge is 0.497 e. The van der Waals surface area contributed by atoms with Gasteiger partial charge in [0.2, 0.25) is 0 Å². The Bertz CT molecular complexity index is 1270. The molecule has 5 nitrogen and oxygen atoms in total. The summed E-state index contributed by atoms with van der Waals surface area (Å²) in [4.78, 5) is 24.0. The summed E-state index contributed by atoms with van der Waals surface area (Å²) in [6.07, 6.45) is 0. The van der Waals surface area contributed by atoms with Crippen molar-refractivity contribution in [2.24, 2.45) is 0 Å². The van der Waals surface area contributed by atoms with Gasteiger partial charge in [0, 0.05) is 48.2 Å². The summed E-state index contributed by atoms with van der Waals surface area (Å²) >= 11 is 1.47. The number of rotatable bonds is 3. The van der Waals surface area contributed by atoms with Crippen LogP contribution in [-0.4, -0.2) is 48.6 Å². The Morgan fingerprint density at radius 2 is 1.87 bits per heavy atom. The molecule has 3 heterocycles. The number of anilines is 1. The van der Waals surface area contributed by atoms with Crippen molar-refractivity contribution in [3.63, 3.8) is 0 Å². The summed E-state index contributed by atoms with van der Waals surface area (Å²) in [5.74, 6) is 0.882. The van der Waals surface area contributed by atoms with Gasteiger partial charge in [0.15, 0.2) is 0 Å². The van der Waals surface area contributed by atoms with E-state index in [0.717, 1.165) is 44.8 Å². The molecule has 1 atom stereocenters. The second-order valence-electron chi connectivity index (χ2n) is 8.18. The molecule has 5 rings (SSSR count). The second-order valence-corrected chi connectivity index (χ2v) is 9.21. The van der Waals surface area contributed by atoms with Gasteiger partial charge in [-0.15, -0.1) is 11.3 Å². The molecule has 1 saturated heterocycles. The van der Waals surface area contributed by atoms with Crippen LogP contribution >= 0.6 is 11.3 Å². The lowest BCUT2D eigenvalue weighted by Crippen LogP contribution is -2.53. The molecule has 1 aliphatic heterocycles. The minimum absolute atomic E-state index is 0.0973. The van der Waals surface area contributed by atoms with Crippen LogP contribution in [0, 0.1) is 6.92 Å². The maximum Gasteiger partial charge on any atom is 0.264 e. The third-order valence-corrected chi connectivity index (χ3v) is 7.03. The van der Waals surface area contributed by atoms with Crippen LogP contribution in [0.5, 0.6) is 5.75 Å². The minimum atomic E-state index is 0.0973. The van der Waals surface area contributed by atoms with Gasteiger partial charge in [0.1, 0.15) is 10.6 Å². The van der Waals surface area contributed by atoms with Gasteiger partial charge in [-0.25, -0.2) is 4.98 Å². The molecule has 31 heavy (non-hydrogen) atoms. The van der Waals surface area contributed by atoms with Crippen molar-refractivity contribution < 1.29 is 9.53 Å². The second kappa shape index (κ2) is 7.85. The molecule has 1 amide bonds. The summed E-state index contributed by atoms with van der Waals surface area (Å²) in [5, 5.41) is 2.06. The molecule has 0 saturated carbocycles. The zero-order valence-electron chi connectivity index (χ0n) is 18.0.